The second-order valence-electron chi connectivity index (χ2n) is 6.44. The van der Waals surface area contributed by atoms with Gasteiger partial charge in [0.1, 0.15) is 0 Å². The van der Waals surface area contributed by atoms with Crippen molar-refractivity contribution in [3.63, 3.8) is 0 Å². The third kappa shape index (κ3) is 3.85. The van der Waals surface area contributed by atoms with E-state index in [4.69, 9.17) is 23.3 Å². The highest BCUT2D eigenvalue weighted by atomic mass is 35.5. The number of aromatic nitrogens is 4. The average Bonchev–Trinajstić information content (AvgIpc) is 3.44. The van der Waals surface area contributed by atoms with Crippen LogP contribution < -0.4 is 16.0 Å². The van der Waals surface area contributed by atoms with Crippen LogP contribution in [0.15, 0.2) is 18.3 Å². The molecule has 0 radical (unpaired) electrons. The molecular weight excluding hydrogens is 394 g/mol. The predicted octanol–water partition coefficient (Wildman–Crippen LogP) is 2.92. The number of halogens is 1. The number of nitriles is 1. The second kappa shape index (κ2) is 7.80. The van der Waals surface area contributed by atoms with E-state index in [1.165, 1.54) is 10.7 Å². The highest BCUT2D eigenvalue weighted by Crippen LogP contribution is 2.34. The average molecular weight is 410 g/mol. The van der Waals surface area contributed by atoms with Gasteiger partial charge >= 0.3 is 0 Å². The zero-order chi connectivity index (χ0) is 20.4. The van der Waals surface area contributed by atoms with E-state index in [0.717, 1.165) is 12.8 Å². The molecule has 0 bridgehead atoms. The summed E-state index contributed by atoms with van der Waals surface area (Å²) in [5.74, 6) is 0.978. The second-order valence-corrected chi connectivity index (χ2v) is 6.82. The SMILES string of the molecule is [C-]#[N+]c1cnc2c(NC3CC3)nc(Nc3cc(C#N)cc(NCCO)c3Cl)nn12. The number of aliphatic hydroxyl groups excluding tert-OH is 1. The Morgan fingerprint density at radius 1 is 1.38 bits per heavy atom. The van der Waals surface area contributed by atoms with Gasteiger partial charge in [-0.3, -0.25) is 0 Å². The van der Waals surface area contributed by atoms with Crippen LogP contribution in [0.4, 0.5) is 29.0 Å². The van der Waals surface area contributed by atoms with Crippen LogP contribution in [0.2, 0.25) is 5.02 Å². The zero-order valence-corrected chi connectivity index (χ0v) is 15.9. The number of rotatable bonds is 7. The maximum Gasteiger partial charge on any atom is 0.275 e. The molecule has 1 aliphatic carbocycles. The van der Waals surface area contributed by atoms with E-state index in [-0.39, 0.29) is 24.9 Å². The Hall–Kier alpha value is -3.60. The number of imidazole rings is 1. The van der Waals surface area contributed by atoms with E-state index in [1.807, 2.05) is 0 Å². The number of fused-ring (bicyclic) bond motifs is 1. The van der Waals surface area contributed by atoms with Crippen molar-refractivity contribution in [1.29, 1.82) is 5.26 Å². The van der Waals surface area contributed by atoms with E-state index < -0.39 is 0 Å². The highest BCUT2D eigenvalue weighted by Gasteiger charge is 2.25. The summed E-state index contributed by atoms with van der Waals surface area (Å²) >= 11 is 6.46. The minimum atomic E-state index is -0.0775. The molecule has 146 valence electrons. The molecule has 0 unspecified atom stereocenters. The van der Waals surface area contributed by atoms with Gasteiger partial charge in [-0.05, 0) is 25.0 Å². The topological polar surface area (TPSA) is 128 Å². The molecule has 3 aromatic rings. The Balaban J connectivity index is 1.75. The first-order valence-electron chi connectivity index (χ1n) is 8.88. The Bertz CT molecular complexity index is 1160. The van der Waals surface area contributed by atoms with Crippen molar-refractivity contribution in [3.05, 3.63) is 40.3 Å². The molecule has 29 heavy (non-hydrogen) atoms. The molecule has 2 aromatic heterocycles. The third-order valence-corrected chi connectivity index (χ3v) is 4.66. The quantitative estimate of drug-likeness (QED) is 0.438. The van der Waals surface area contributed by atoms with Crippen molar-refractivity contribution >= 4 is 46.2 Å². The van der Waals surface area contributed by atoms with E-state index in [1.54, 1.807) is 12.1 Å². The molecule has 11 heteroatoms. The van der Waals surface area contributed by atoms with Gasteiger partial charge in [-0.2, -0.15) is 10.2 Å². The molecule has 0 spiro atoms. The standard InChI is InChI=1S/C18H16ClN9O/c1-21-14-9-23-17-16(24-11-2-3-11)26-18(27-28(14)17)25-13-7-10(8-20)6-12(15(13)19)22-4-5-29/h6-7,9,11,22,29H,2-5H2,(H2,24,25,26,27). The first kappa shape index (κ1) is 18.7. The number of anilines is 4. The minimum absolute atomic E-state index is 0.0775. The molecule has 10 nitrogen and oxygen atoms in total. The van der Waals surface area contributed by atoms with E-state index in [2.05, 4.69) is 41.9 Å². The number of nitrogens with one attached hydrogen (secondary N) is 3. The molecule has 0 atom stereocenters. The first-order chi connectivity index (χ1) is 14.1. The lowest BCUT2D eigenvalue weighted by Crippen LogP contribution is -2.11. The van der Waals surface area contributed by atoms with Crippen LogP contribution in [0.3, 0.4) is 0 Å². The monoisotopic (exact) mass is 409 g/mol. The summed E-state index contributed by atoms with van der Waals surface area (Å²) in [4.78, 5) is 12.2. The molecule has 2 heterocycles. The minimum Gasteiger partial charge on any atom is -0.395 e. The lowest BCUT2D eigenvalue weighted by Gasteiger charge is -2.13. The van der Waals surface area contributed by atoms with Gasteiger partial charge in [0.25, 0.3) is 17.4 Å². The van der Waals surface area contributed by atoms with Crippen molar-refractivity contribution in [3.8, 4) is 6.07 Å². The van der Waals surface area contributed by atoms with E-state index >= 15 is 0 Å². The fourth-order valence-electron chi connectivity index (χ4n) is 2.74. The molecule has 1 fully saturated rings. The predicted molar refractivity (Wildman–Crippen MR) is 109 cm³/mol. The summed E-state index contributed by atoms with van der Waals surface area (Å²) in [6.07, 6.45) is 3.54. The van der Waals surface area contributed by atoms with Gasteiger partial charge in [-0.1, -0.05) is 23.3 Å². The highest BCUT2D eigenvalue weighted by molar-refractivity contribution is 6.36. The number of aliphatic hydroxyl groups is 1. The van der Waals surface area contributed by atoms with Crippen LogP contribution in [-0.2, 0) is 0 Å². The number of hydrogen-bond donors (Lipinski definition) is 4. The zero-order valence-electron chi connectivity index (χ0n) is 15.1. The van der Waals surface area contributed by atoms with Gasteiger partial charge in [0.15, 0.2) is 5.82 Å². The molecule has 0 amide bonds. The van der Waals surface area contributed by atoms with Crippen molar-refractivity contribution in [1.82, 2.24) is 19.6 Å². The lowest BCUT2D eigenvalue weighted by atomic mass is 10.2. The molecule has 0 aliphatic heterocycles. The first-order valence-corrected chi connectivity index (χ1v) is 9.26. The summed E-state index contributed by atoms with van der Waals surface area (Å²) in [5, 5.41) is 32.3. The number of hydrogen-bond acceptors (Lipinski definition) is 8. The van der Waals surface area contributed by atoms with Crippen LogP contribution in [-0.4, -0.2) is 43.9 Å². The fourth-order valence-corrected chi connectivity index (χ4v) is 2.96. The summed E-state index contributed by atoms with van der Waals surface area (Å²) in [7, 11) is 0. The maximum absolute atomic E-state index is 9.32. The van der Waals surface area contributed by atoms with Gasteiger partial charge in [-0.15, -0.1) is 4.52 Å². The van der Waals surface area contributed by atoms with Gasteiger partial charge in [0.2, 0.25) is 0 Å². The van der Waals surface area contributed by atoms with Crippen LogP contribution in [0.1, 0.15) is 18.4 Å². The molecule has 1 saturated carbocycles. The molecule has 4 N–H and O–H groups in total. The summed E-state index contributed by atoms with van der Waals surface area (Å²) in [6.45, 7) is 7.52. The Morgan fingerprint density at radius 3 is 2.86 bits per heavy atom. The number of benzene rings is 1. The molecule has 1 aliphatic rings. The van der Waals surface area contributed by atoms with Crippen LogP contribution in [0.25, 0.3) is 10.5 Å². The van der Waals surface area contributed by atoms with Crippen LogP contribution in [0.5, 0.6) is 0 Å². The molecule has 0 saturated heterocycles. The normalized spacial score (nSPS) is 13.0. The Kier molecular flexibility index (Phi) is 5.04. The Labute approximate surface area is 171 Å². The maximum atomic E-state index is 9.32. The van der Waals surface area contributed by atoms with Gasteiger partial charge in [-0.25, -0.2) is 4.98 Å². The molecular formula is C18H16ClN9O. The summed E-state index contributed by atoms with van der Waals surface area (Å²) < 4.78 is 1.42. The smallest absolute Gasteiger partial charge is 0.275 e. The van der Waals surface area contributed by atoms with Crippen LogP contribution in [0, 0.1) is 17.9 Å². The fraction of sp³-hybridized carbons (Fsp3) is 0.278. The number of nitrogens with zero attached hydrogens (tertiary/aromatic N) is 6. The van der Waals surface area contributed by atoms with Crippen molar-refractivity contribution in [2.75, 3.05) is 29.1 Å². The van der Waals surface area contributed by atoms with Crippen molar-refractivity contribution in [2.45, 2.75) is 18.9 Å². The summed E-state index contributed by atoms with van der Waals surface area (Å²) in [6, 6.07) is 5.58. The molecule has 4 rings (SSSR count). The van der Waals surface area contributed by atoms with Gasteiger partial charge < -0.3 is 25.9 Å². The van der Waals surface area contributed by atoms with Crippen molar-refractivity contribution < 1.29 is 5.11 Å². The Morgan fingerprint density at radius 2 is 2.17 bits per heavy atom. The largest absolute Gasteiger partial charge is 0.395 e. The van der Waals surface area contributed by atoms with E-state index in [0.29, 0.717) is 39.5 Å². The van der Waals surface area contributed by atoms with Gasteiger partial charge in [0, 0.05) is 12.6 Å². The molecule has 1 aromatic carbocycles. The van der Waals surface area contributed by atoms with Crippen molar-refractivity contribution in [2.24, 2.45) is 0 Å². The summed E-state index contributed by atoms with van der Waals surface area (Å²) in [5.41, 5.74) is 1.77. The van der Waals surface area contributed by atoms with Crippen LogP contribution >= 0.6 is 11.6 Å². The third-order valence-electron chi connectivity index (χ3n) is 4.25. The lowest BCUT2D eigenvalue weighted by molar-refractivity contribution is 0.311. The van der Waals surface area contributed by atoms with E-state index in [9.17, 15) is 5.26 Å². The van der Waals surface area contributed by atoms with Gasteiger partial charge in [0.05, 0.1) is 40.8 Å².